The summed E-state index contributed by atoms with van der Waals surface area (Å²) in [6.45, 7) is 6.34. The number of hydrogen-bond acceptors (Lipinski definition) is 5. The highest BCUT2D eigenvalue weighted by Gasteiger charge is 2.13. The van der Waals surface area contributed by atoms with Crippen LogP contribution in [-0.2, 0) is 5.75 Å². The summed E-state index contributed by atoms with van der Waals surface area (Å²) in [5.74, 6) is 1.66. The maximum Gasteiger partial charge on any atom is 0.203 e. The van der Waals surface area contributed by atoms with Gasteiger partial charge in [-0.2, -0.15) is 4.37 Å². The lowest BCUT2D eigenvalue weighted by Crippen LogP contribution is -2.25. The van der Waals surface area contributed by atoms with Gasteiger partial charge in [-0.3, -0.25) is 0 Å². The van der Waals surface area contributed by atoms with Crippen LogP contribution in [0.4, 0.5) is 5.13 Å². The molecular formula is C13H16BrN3S2. The average Bonchev–Trinajstić information content (AvgIpc) is 2.73. The molecule has 0 aliphatic heterocycles. The van der Waals surface area contributed by atoms with Crippen molar-refractivity contribution in [1.29, 1.82) is 0 Å². The lowest BCUT2D eigenvalue weighted by Gasteiger charge is -2.18. The third-order valence-corrected chi connectivity index (χ3v) is 4.84. The van der Waals surface area contributed by atoms with Crippen molar-refractivity contribution in [3.05, 3.63) is 34.6 Å². The Labute approximate surface area is 130 Å². The van der Waals surface area contributed by atoms with Crippen LogP contribution in [0.5, 0.6) is 0 Å². The molecule has 0 radical (unpaired) electrons. The van der Waals surface area contributed by atoms with Gasteiger partial charge in [-0.15, -0.1) is 11.8 Å². The Morgan fingerprint density at radius 3 is 2.74 bits per heavy atom. The predicted octanol–water partition coefficient (Wildman–Crippen LogP) is 4.80. The number of nitrogens with one attached hydrogen (secondary N) is 1. The van der Waals surface area contributed by atoms with Crippen molar-refractivity contribution in [2.45, 2.75) is 37.0 Å². The van der Waals surface area contributed by atoms with E-state index in [4.69, 9.17) is 0 Å². The van der Waals surface area contributed by atoms with Gasteiger partial charge in [0.25, 0.3) is 0 Å². The zero-order chi connectivity index (χ0) is 13.9. The van der Waals surface area contributed by atoms with E-state index in [9.17, 15) is 0 Å². The first kappa shape index (κ1) is 14.8. The molecule has 0 atom stereocenters. The second-order valence-electron chi connectivity index (χ2n) is 5.11. The van der Waals surface area contributed by atoms with E-state index in [0.717, 1.165) is 21.2 Å². The van der Waals surface area contributed by atoms with Crippen LogP contribution < -0.4 is 5.32 Å². The van der Waals surface area contributed by atoms with E-state index < -0.39 is 0 Å². The number of thioether (sulfide) groups is 1. The normalized spacial score (nSPS) is 11.6. The summed E-state index contributed by atoms with van der Waals surface area (Å²) in [6, 6.07) is 8.19. The molecule has 0 aliphatic carbocycles. The molecule has 0 fully saturated rings. The molecule has 0 aliphatic rings. The molecule has 0 saturated carbocycles. The van der Waals surface area contributed by atoms with E-state index >= 15 is 0 Å². The summed E-state index contributed by atoms with van der Waals surface area (Å²) < 4.78 is 5.49. The molecule has 0 spiro atoms. The van der Waals surface area contributed by atoms with Gasteiger partial charge in [0.15, 0.2) is 5.82 Å². The zero-order valence-electron chi connectivity index (χ0n) is 11.1. The second kappa shape index (κ2) is 6.24. The SMILES string of the molecule is CC(C)(C)Nc1nc(CSc2ccccc2Br)ns1. The molecule has 0 bridgehead atoms. The Kier molecular flexibility index (Phi) is 4.86. The van der Waals surface area contributed by atoms with Gasteiger partial charge in [0.1, 0.15) is 0 Å². The van der Waals surface area contributed by atoms with Crippen molar-refractivity contribution in [3.63, 3.8) is 0 Å². The van der Waals surface area contributed by atoms with E-state index in [1.165, 1.54) is 16.4 Å². The number of anilines is 1. The molecule has 1 heterocycles. The molecule has 2 rings (SSSR count). The third-order valence-electron chi connectivity index (χ3n) is 2.14. The maximum absolute atomic E-state index is 4.50. The highest BCUT2D eigenvalue weighted by molar-refractivity contribution is 9.10. The van der Waals surface area contributed by atoms with Crippen LogP contribution in [0.2, 0.25) is 0 Å². The topological polar surface area (TPSA) is 37.8 Å². The molecule has 0 unspecified atom stereocenters. The Hall–Kier alpha value is -0.590. The van der Waals surface area contributed by atoms with Crippen LogP contribution in [0, 0.1) is 0 Å². The molecular weight excluding hydrogens is 342 g/mol. The standard InChI is InChI=1S/C13H16BrN3S2/c1-13(2,3)16-12-15-11(17-19-12)8-18-10-7-5-4-6-9(10)14/h4-7H,8H2,1-3H3,(H,15,16,17). The van der Waals surface area contributed by atoms with Gasteiger partial charge >= 0.3 is 0 Å². The first-order valence-corrected chi connectivity index (χ1v) is 8.47. The van der Waals surface area contributed by atoms with Crippen LogP contribution in [-0.4, -0.2) is 14.9 Å². The molecule has 3 nitrogen and oxygen atoms in total. The Bertz CT molecular complexity index is 549. The molecule has 2 aromatic rings. The van der Waals surface area contributed by atoms with Crippen molar-refractivity contribution in [1.82, 2.24) is 9.36 Å². The van der Waals surface area contributed by atoms with Gasteiger partial charge in [-0.25, -0.2) is 4.98 Å². The van der Waals surface area contributed by atoms with E-state index in [1.807, 2.05) is 18.2 Å². The fourth-order valence-electron chi connectivity index (χ4n) is 1.39. The van der Waals surface area contributed by atoms with Crippen molar-refractivity contribution in [2.75, 3.05) is 5.32 Å². The Morgan fingerprint density at radius 1 is 1.32 bits per heavy atom. The highest BCUT2D eigenvalue weighted by atomic mass is 79.9. The number of benzene rings is 1. The van der Waals surface area contributed by atoms with Crippen molar-refractivity contribution in [2.24, 2.45) is 0 Å². The van der Waals surface area contributed by atoms with Gasteiger partial charge in [-0.1, -0.05) is 12.1 Å². The fraction of sp³-hybridized carbons (Fsp3) is 0.385. The van der Waals surface area contributed by atoms with E-state index in [2.05, 4.69) is 57.4 Å². The van der Waals surface area contributed by atoms with E-state index in [1.54, 1.807) is 11.8 Å². The van der Waals surface area contributed by atoms with Gasteiger partial charge in [0, 0.05) is 26.4 Å². The molecule has 19 heavy (non-hydrogen) atoms. The molecule has 102 valence electrons. The largest absolute Gasteiger partial charge is 0.356 e. The number of hydrogen-bond donors (Lipinski definition) is 1. The summed E-state index contributed by atoms with van der Waals surface area (Å²) in [4.78, 5) is 5.71. The quantitative estimate of drug-likeness (QED) is 0.797. The third kappa shape index (κ3) is 4.78. The van der Waals surface area contributed by atoms with Crippen molar-refractivity contribution >= 4 is 44.4 Å². The Morgan fingerprint density at radius 2 is 2.05 bits per heavy atom. The van der Waals surface area contributed by atoms with Gasteiger partial charge in [0.05, 0.1) is 5.75 Å². The molecule has 0 saturated heterocycles. The molecule has 1 N–H and O–H groups in total. The van der Waals surface area contributed by atoms with E-state index in [-0.39, 0.29) is 5.54 Å². The first-order chi connectivity index (χ1) is 8.94. The summed E-state index contributed by atoms with van der Waals surface area (Å²) in [6.07, 6.45) is 0. The van der Waals surface area contributed by atoms with Crippen LogP contribution in [0.15, 0.2) is 33.6 Å². The van der Waals surface area contributed by atoms with Crippen LogP contribution >= 0.6 is 39.2 Å². The van der Waals surface area contributed by atoms with Crippen molar-refractivity contribution < 1.29 is 0 Å². The summed E-state index contributed by atoms with van der Waals surface area (Å²) in [5.41, 5.74) is 0.0202. The van der Waals surface area contributed by atoms with Crippen LogP contribution in [0.3, 0.4) is 0 Å². The first-order valence-electron chi connectivity index (χ1n) is 5.92. The number of nitrogens with zero attached hydrogens (tertiary/aromatic N) is 2. The number of rotatable bonds is 4. The number of halogens is 1. The zero-order valence-corrected chi connectivity index (χ0v) is 14.3. The summed E-state index contributed by atoms with van der Waals surface area (Å²) in [7, 11) is 0. The van der Waals surface area contributed by atoms with Crippen LogP contribution in [0.1, 0.15) is 26.6 Å². The summed E-state index contributed by atoms with van der Waals surface area (Å²) in [5, 5.41) is 4.22. The second-order valence-corrected chi connectivity index (χ2v) is 7.73. The molecule has 6 heteroatoms. The van der Waals surface area contributed by atoms with Crippen molar-refractivity contribution in [3.8, 4) is 0 Å². The predicted molar refractivity (Wildman–Crippen MR) is 87.0 cm³/mol. The fourth-order valence-corrected chi connectivity index (χ4v) is 3.69. The lowest BCUT2D eigenvalue weighted by molar-refractivity contribution is 0.633. The minimum atomic E-state index is 0.0202. The lowest BCUT2D eigenvalue weighted by atomic mass is 10.1. The Balaban J connectivity index is 1.96. The van der Waals surface area contributed by atoms with Gasteiger partial charge in [0.2, 0.25) is 5.13 Å². The maximum atomic E-state index is 4.50. The van der Waals surface area contributed by atoms with Gasteiger partial charge in [-0.05, 0) is 48.8 Å². The highest BCUT2D eigenvalue weighted by Crippen LogP contribution is 2.29. The molecule has 0 amide bonds. The smallest absolute Gasteiger partial charge is 0.203 e. The van der Waals surface area contributed by atoms with Crippen LogP contribution in [0.25, 0.3) is 0 Å². The summed E-state index contributed by atoms with van der Waals surface area (Å²) >= 11 is 6.70. The minimum absolute atomic E-state index is 0.0202. The van der Waals surface area contributed by atoms with Gasteiger partial charge < -0.3 is 5.32 Å². The molecule has 1 aromatic heterocycles. The number of aromatic nitrogens is 2. The monoisotopic (exact) mass is 357 g/mol. The average molecular weight is 358 g/mol. The minimum Gasteiger partial charge on any atom is -0.356 e. The molecule has 1 aromatic carbocycles. The van der Waals surface area contributed by atoms with E-state index in [0.29, 0.717) is 0 Å².